The van der Waals surface area contributed by atoms with E-state index in [2.05, 4.69) is 0 Å². The van der Waals surface area contributed by atoms with Gasteiger partial charge in [-0.15, -0.1) is 0 Å². The highest BCUT2D eigenvalue weighted by atomic mass is 19.4. The van der Waals surface area contributed by atoms with Gasteiger partial charge in [-0.25, -0.2) is 4.79 Å². The number of anilines is 2. The summed E-state index contributed by atoms with van der Waals surface area (Å²) in [6.07, 6.45) is -4.78. The zero-order valence-corrected chi connectivity index (χ0v) is 14.4. The molecular formula is C17H14F3N3O5. The van der Waals surface area contributed by atoms with Gasteiger partial charge in [0.25, 0.3) is 11.6 Å². The van der Waals surface area contributed by atoms with Crippen molar-refractivity contribution in [3.05, 3.63) is 63.2 Å². The summed E-state index contributed by atoms with van der Waals surface area (Å²) in [5.74, 6) is -1.86. The maximum Gasteiger partial charge on any atom is 0.416 e. The van der Waals surface area contributed by atoms with E-state index in [0.717, 1.165) is 6.07 Å². The summed E-state index contributed by atoms with van der Waals surface area (Å²) in [5, 5.41) is 13.0. The number of para-hydroxylation sites is 1. The first-order valence-electron chi connectivity index (χ1n) is 7.68. The van der Waals surface area contributed by atoms with Crippen LogP contribution in [-0.4, -0.2) is 23.4 Å². The predicted molar refractivity (Wildman–Crippen MR) is 92.6 cm³/mol. The fourth-order valence-electron chi connectivity index (χ4n) is 2.22. The zero-order valence-electron chi connectivity index (χ0n) is 14.4. The number of carbonyl (C=O) groups is 2. The molecule has 11 heteroatoms. The SMILES string of the molecule is Cc1cccc(C(=O)OCC(=O)Nc2ccc(C(F)(F)F)cc2[N+](=O)[O-])c1N. The standard InChI is InChI=1S/C17H14F3N3O5/c1-9-3-2-4-11(15(9)21)16(25)28-8-14(24)22-12-6-5-10(17(18,19)20)7-13(12)23(26)27/h2-7H,8,21H2,1H3,(H,22,24). The summed E-state index contributed by atoms with van der Waals surface area (Å²) < 4.78 is 42.8. The van der Waals surface area contributed by atoms with E-state index in [-0.39, 0.29) is 11.3 Å². The number of amides is 1. The van der Waals surface area contributed by atoms with Crippen LogP contribution in [0.4, 0.5) is 30.2 Å². The number of aryl methyl sites for hydroxylation is 1. The Morgan fingerprint density at radius 3 is 2.54 bits per heavy atom. The molecule has 0 unspecified atom stereocenters. The van der Waals surface area contributed by atoms with Crippen LogP contribution in [0.1, 0.15) is 21.5 Å². The highest BCUT2D eigenvalue weighted by Gasteiger charge is 2.33. The molecule has 0 radical (unpaired) electrons. The van der Waals surface area contributed by atoms with Crippen LogP contribution in [-0.2, 0) is 15.7 Å². The minimum Gasteiger partial charge on any atom is -0.452 e. The normalized spacial score (nSPS) is 11.0. The second-order valence-corrected chi connectivity index (χ2v) is 5.65. The maximum absolute atomic E-state index is 12.7. The Morgan fingerprint density at radius 1 is 1.25 bits per heavy atom. The monoisotopic (exact) mass is 397 g/mol. The van der Waals surface area contributed by atoms with Crippen molar-refractivity contribution in [2.24, 2.45) is 0 Å². The minimum atomic E-state index is -4.78. The van der Waals surface area contributed by atoms with Gasteiger partial charge in [0.1, 0.15) is 5.69 Å². The van der Waals surface area contributed by atoms with Crippen LogP contribution in [0.5, 0.6) is 0 Å². The highest BCUT2D eigenvalue weighted by molar-refractivity contribution is 5.99. The Labute approximate surface area is 156 Å². The number of hydrogen-bond donors (Lipinski definition) is 2. The number of carbonyl (C=O) groups excluding carboxylic acids is 2. The number of rotatable bonds is 5. The zero-order chi connectivity index (χ0) is 21.1. The molecule has 0 saturated carbocycles. The van der Waals surface area contributed by atoms with Gasteiger partial charge in [-0.05, 0) is 30.7 Å². The quantitative estimate of drug-likeness (QED) is 0.345. The molecule has 0 aliphatic rings. The predicted octanol–water partition coefficient (Wildman–Crippen LogP) is 3.30. The molecule has 148 valence electrons. The molecule has 0 bridgehead atoms. The Hall–Kier alpha value is -3.63. The van der Waals surface area contributed by atoms with Crippen molar-refractivity contribution in [2.75, 3.05) is 17.7 Å². The van der Waals surface area contributed by atoms with Crippen molar-refractivity contribution in [3.8, 4) is 0 Å². The van der Waals surface area contributed by atoms with Crippen LogP contribution in [0.2, 0.25) is 0 Å². The van der Waals surface area contributed by atoms with Crippen LogP contribution >= 0.6 is 0 Å². The number of nitro benzene ring substituents is 1. The average molecular weight is 397 g/mol. The lowest BCUT2D eigenvalue weighted by Gasteiger charge is -2.11. The Balaban J connectivity index is 2.10. The minimum absolute atomic E-state index is 0.0355. The molecule has 0 aliphatic carbocycles. The first kappa shape index (κ1) is 20.7. The van der Waals surface area contributed by atoms with Crippen molar-refractivity contribution in [1.82, 2.24) is 0 Å². The van der Waals surface area contributed by atoms with Gasteiger partial charge >= 0.3 is 12.1 Å². The molecule has 0 fully saturated rings. The summed E-state index contributed by atoms with van der Waals surface area (Å²) in [5.41, 5.74) is 3.93. The van der Waals surface area contributed by atoms with E-state index >= 15 is 0 Å². The van der Waals surface area contributed by atoms with Crippen LogP contribution in [0.3, 0.4) is 0 Å². The average Bonchev–Trinajstić information content (AvgIpc) is 2.61. The Bertz CT molecular complexity index is 944. The molecule has 2 rings (SSSR count). The van der Waals surface area contributed by atoms with Crippen molar-refractivity contribution in [1.29, 1.82) is 0 Å². The van der Waals surface area contributed by atoms with E-state index in [1.54, 1.807) is 19.1 Å². The number of ether oxygens (including phenoxy) is 1. The number of alkyl halides is 3. The van der Waals surface area contributed by atoms with Gasteiger partial charge < -0.3 is 15.8 Å². The summed E-state index contributed by atoms with van der Waals surface area (Å²) in [4.78, 5) is 33.8. The number of nitrogen functional groups attached to an aromatic ring is 1. The third-order valence-electron chi connectivity index (χ3n) is 3.67. The second-order valence-electron chi connectivity index (χ2n) is 5.65. The van der Waals surface area contributed by atoms with Crippen LogP contribution in [0.15, 0.2) is 36.4 Å². The molecule has 0 aliphatic heterocycles. The van der Waals surface area contributed by atoms with Gasteiger partial charge in [0.05, 0.1) is 16.1 Å². The van der Waals surface area contributed by atoms with E-state index in [4.69, 9.17) is 10.5 Å². The first-order chi connectivity index (χ1) is 13.0. The molecule has 2 aromatic rings. The fourth-order valence-corrected chi connectivity index (χ4v) is 2.22. The Kier molecular flexibility index (Phi) is 5.87. The van der Waals surface area contributed by atoms with Gasteiger partial charge in [-0.2, -0.15) is 13.2 Å². The third kappa shape index (κ3) is 4.75. The lowest BCUT2D eigenvalue weighted by atomic mass is 10.1. The van der Waals surface area contributed by atoms with E-state index in [0.29, 0.717) is 17.7 Å². The van der Waals surface area contributed by atoms with E-state index in [9.17, 15) is 32.9 Å². The molecule has 0 atom stereocenters. The molecule has 0 saturated heterocycles. The van der Waals surface area contributed by atoms with Crippen molar-refractivity contribution in [3.63, 3.8) is 0 Å². The summed E-state index contributed by atoms with van der Waals surface area (Å²) in [7, 11) is 0. The molecular weight excluding hydrogens is 383 g/mol. The summed E-state index contributed by atoms with van der Waals surface area (Å²) in [6.45, 7) is 0.854. The maximum atomic E-state index is 12.7. The molecule has 1 amide bonds. The van der Waals surface area contributed by atoms with Crippen molar-refractivity contribution >= 4 is 28.9 Å². The van der Waals surface area contributed by atoms with Crippen LogP contribution in [0, 0.1) is 17.0 Å². The summed E-state index contributed by atoms with van der Waals surface area (Å²) >= 11 is 0. The molecule has 0 spiro atoms. The topological polar surface area (TPSA) is 125 Å². The Morgan fingerprint density at radius 2 is 1.93 bits per heavy atom. The highest BCUT2D eigenvalue weighted by Crippen LogP contribution is 2.34. The fraction of sp³-hybridized carbons (Fsp3) is 0.176. The number of nitro groups is 1. The molecule has 28 heavy (non-hydrogen) atoms. The number of nitrogens with one attached hydrogen (secondary N) is 1. The van der Waals surface area contributed by atoms with E-state index in [1.165, 1.54) is 6.07 Å². The van der Waals surface area contributed by atoms with Crippen LogP contribution < -0.4 is 11.1 Å². The molecule has 2 aromatic carbocycles. The molecule has 8 nitrogen and oxygen atoms in total. The lowest BCUT2D eigenvalue weighted by molar-refractivity contribution is -0.384. The number of esters is 1. The van der Waals surface area contributed by atoms with E-state index < -0.39 is 46.5 Å². The number of nitrogens with two attached hydrogens (primary N) is 1. The molecule has 3 N–H and O–H groups in total. The first-order valence-corrected chi connectivity index (χ1v) is 7.68. The number of halogens is 3. The molecule has 0 aromatic heterocycles. The van der Waals surface area contributed by atoms with Crippen LogP contribution in [0.25, 0.3) is 0 Å². The smallest absolute Gasteiger partial charge is 0.416 e. The summed E-state index contributed by atoms with van der Waals surface area (Å²) in [6, 6.07) is 6.26. The van der Waals surface area contributed by atoms with Gasteiger partial charge in [0.15, 0.2) is 6.61 Å². The molecule has 0 heterocycles. The second kappa shape index (κ2) is 7.94. The third-order valence-corrected chi connectivity index (χ3v) is 3.67. The number of nitrogens with zero attached hydrogens (tertiary/aromatic N) is 1. The van der Waals surface area contributed by atoms with Crippen molar-refractivity contribution in [2.45, 2.75) is 13.1 Å². The lowest BCUT2D eigenvalue weighted by Crippen LogP contribution is -2.22. The van der Waals surface area contributed by atoms with Gasteiger partial charge in [-0.3, -0.25) is 14.9 Å². The van der Waals surface area contributed by atoms with Gasteiger partial charge in [0, 0.05) is 11.8 Å². The number of benzene rings is 2. The van der Waals surface area contributed by atoms with Gasteiger partial charge in [-0.1, -0.05) is 12.1 Å². The van der Waals surface area contributed by atoms with E-state index in [1.807, 2.05) is 5.32 Å². The largest absolute Gasteiger partial charge is 0.452 e. The number of hydrogen-bond acceptors (Lipinski definition) is 6. The van der Waals surface area contributed by atoms with Gasteiger partial charge in [0.2, 0.25) is 0 Å². The van der Waals surface area contributed by atoms with Crippen molar-refractivity contribution < 1.29 is 32.4 Å².